The summed E-state index contributed by atoms with van der Waals surface area (Å²) in [7, 11) is 0. The summed E-state index contributed by atoms with van der Waals surface area (Å²) < 4.78 is 0. The molecular weight excluding hydrogens is 208 g/mol. The molecule has 0 saturated heterocycles. The van der Waals surface area contributed by atoms with E-state index < -0.39 is 0 Å². The highest BCUT2D eigenvalue weighted by molar-refractivity contribution is 4.83. The van der Waals surface area contributed by atoms with Gasteiger partial charge in [-0.15, -0.1) is 0 Å². The van der Waals surface area contributed by atoms with Crippen molar-refractivity contribution in [3.63, 3.8) is 0 Å². The van der Waals surface area contributed by atoms with E-state index >= 15 is 0 Å². The Morgan fingerprint density at radius 3 is 2.24 bits per heavy atom. The lowest BCUT2D eigenvalue weighted by molar-refractivity contribution is 0.174. The van der Waals surface area contributed by atoms with Gasteiger partial charge in [-0.1, -0.05) is 52.9 Å². The highest BCUT2D eigenvalue weighted by Crippen LogP contribution is 2.35. The molecule has 102 valence electrons. The SMILES string of the molecule is CCCC1CCC(C(NN)C(C)CCC)CC1. The minimum atomic E-state index is 0.539. The molecule has 0 amide bonds. The Morgan fingerprint density at radius 2 is 1.76 bits per heavy atom. The zero-order valence-electron chi connectivity index (χ0n) is 12.0. The van der Waals surface area contributed by atoms with Crippen molar-refractivity contribution in [2.45, 2.75) is 78.2 Å². The third kappa shape index (κ3) is 4.59. The van der Waals surface area contributed by atoms with Crippen LogP contribution in [0, 0.1) is 17.8 Å². The molecule has 17 heavy (non-hydrogen) atoms. The molecule has 0 aromatic carbocycles. The minimum absolute atomic E-state index is 0.539. The second kappa shape index (κ2) is 8.10. The molecule has 0 bridgehead atoms. The Bertz CT molecular complexity index is 185. The van der Waals surface area contributed by atoms with Gasteiger partial charge in [0.1, 0.15) is 0 Å². The van der Waals surface area contributed by atoms with Crippen LogP contribution < -0.4 is 11.3 Å². The molecule has 1 aliphatic carbocycles. The van der Waals surface area contributed by atoms with Crippen molar-refractivity contribution in [1.29, 1.82) is 0 Å². The summed E-state index contributed by atoms with van der Waals surface area (Å²) in [5, 5.41) is 0. The molecule has 1 aliphatic rings. The van der Waals surface area contributed by atoms with E-state index in [0.717, 1.165) is 17.8 Å². The van der Waals surface area contributed by atoms with Crippen LogP contribution in [0.4, 0.5) is 0 Å². The normalized spacial score (nSPS) is 28.9. The summed E-state index contributed by atoms with van der Waals surface area (Å²) in [6, 6.07) is 0.539. The van der Waals surface area contributed by atoms with Crippen molar-refractivity contribution in [2.75, 3.05) is 0 Å². The Hall–Kier alpha value is -0.0800. The quantitative estimate of drug-likeness (QED) is 0.524. The number of hydrogen-bond acceptors (Lipinski definition) is 2. The van der Waals surface area contributed by atoms with Crippen molar-refractivity contribution >= 4 is 0 Å². The Kier molecular flexibility index (Phi) is 7.14. The van der Waals surface area contributed by atoms with E-state index in [2.05, 4.69) is 26.2 Å². The summed E-state index contributed by atoms with van der Waals surface area (Å²) in [4.78, 5) is 0. The molecule has 0 aromatic rings. The standard InChI is InChI=1S/C15H32N2/c1-4-6-12(3)15(17-16)14-10-8-13(7-5-2)9-11-14/h12-15,17H,4-11,16H2,1-3H3. The van der Waals surface area contributed by atoms with E-state index in [1.165, 1.54) is 51.4 Å². The van der Waals surface area contributed by atoms with Gasteiger partial charge in [0.2, 0.25) is 0 Å². The molecule has 3 N–H and O–H groups in total. The van der Waals surface area contributed by atoms with Gasteiger partial charge in [-0.3, -0.25) is 11.3 Å². The number of nitrogens with one attached hydrogen (secondary N) is 1. The molecular formula is C15H32N2. The van der Waals surface area contributed by atoms with Crippen LogP contribution in [-0.2, 0) is 0 Å². The van der Waals surface area contributed by atoms with Crippen LogP contribution in [0.2, 0.25) is 0 Å². The molecule has 0 radical (unpaired) electrons. The summed E-state index contributed by atoms with van der Waals surface area (Å²) in [5.41, 5.74) is 3.10. The van der Waals surface area contributed by atoms with Gasteiger partial charge in [0, 0.05) is 6.04 Å². The van der Waals surface area contributed by atoms with E-state index in [9.17, 15) is 0 Å². The van der Waals surface area contributed by atoms with Gasteiger partial charge in [0.15, 0.2) is 0 Å². The lowest BCUT2D eigenvalue weighted by atomic mass is 9.74. The highest BCUT2D eigenvalue weighted by atomic mass is 15.2. The second-order valence-corrected chi connectivity index (χ2v) is 6.03. The third-order valence-corrected chi connectivity index (χ3v) is 4.65. The molecule has 0 aliphatic heterocycles. The maximum absolute atomic E-state index is 5.78. The zero-order chi connectivity index (χ0) is 12.7. The molecule has 1 rings (SSSR count). The molecule has 1 fully saturated rings. The fraction of sp³-hybridized carbons (Fsp3) is 1.00. The average molecular weight is 240 g/mol. The summed E-state index contributed by atoms with van der Waals surface area (Å²) in [6.45, 7) is 6.92. The fourth-order valence-corrected chi connectivity index (χ4v) is 3.64. The van der Waals surface area contributed by atoms with Gasteiger partial charge in [0.25, 0.3) is 0 Å². The third-order valence-electron chi connectivity index (χ3n) is 4.65. The Balaban J connectivity index is 2.39. The van der Waals surface area contributed by atoms with Crippen LogP contribution in [-0.4, -0.2) is 6.04 Å². The largest absolute Gasteiger partial charge is 0.271 e. The van der Waals surface area contributed by atoms with E-state index in [1.807, 2.05) is 0 Å². The lowest BCUT2D eigenvalue weighted by Gasteiger charge is -2.36. The maximum atomic E-state index is 5.78. The van der Waals surface area contributed by atoms with E-state index in [4.69, 9.17) is 5.84 Å². The summed E-state index contributed by atoms with van der Waals surface area (Å²) in [6.07, 6.45) is 11.0. The predicted octanol–water partition coefficient (Wildman–Crippen LogP) is 3.86. The van der Waals surface area contributed by atoms with Crippen LogP contribution in [0.25, 0.3) is 0 Å². The van der Waals surface area contributed by atoms with Gasteiger partial charge >= 0.3 is 0 Å². The van der Waals surface area contributed by atoms with Crippen LogP contribution in [0.5, 0.6) is 0 Å². The lowest BCUT2D eigenvalue weighted by Crippen LogP contribution is -2.46. The minimum Gasteiger partial charge on any atom is -0.271 e. The zero-order valence-corrected chi connectivity index (χ0v) is 12.0. The molecule has 1 saturated carbocycles. The van der Waals surface area contributed by atoms with Crippen molar-refractivity contribution in [2.24, 2.45) is 23.6 Å². The predicted molar refractivity (Wildman–Crippen MR) is 75.5 cm³/mol. The van der Waals surface area contributed by atoms with Gasteiger partial charge < -0.3 is 0 Å². The van der Waals surface area contributed by atoms with Crippen LogP contribution in [0.1, 0.15) is 72.1 Å². The average Bonchev–Trinajstić information content (AvgIpc) is 2.33. The van der Waals surface area contributed by atoms with Crippen molar-refractivity contribution in [3.05, 3.63) is 0 Å². The fourth-order valence-electron chi connectivity index (χ4n) is 3.64. The van der Waals surface area contributed by atoms with E-state index in [1.54, 1.807) is 0 Å². The smallest absolute Gasteiger partial charge is 0.0264 e. The van der Waals surface area contributed by atoms with Crippen LogP contribution in [0.15, 0.2) is 0 Å². The Labute approximate surface area is 108 Å². The first-order chi connectivity index (χ1) is 8.22. The topological polar surface area (TPSA) is 38.0 Å². The van der Waals surface area contributed by atoms with Gasteiger partial charge in [-0.05, 0) is 37.0 Å². The summed E-state index contributed by atoms with van der Waals surface area (Å²) >= 11 is 0. The molecule has 2 heteroatoms. The molecule has 0 heterocycles. The van der Waals surface area contributed by atoms with Crippen LogP contribution in [0.3, 0.4) is 0 Å². The molecule has 0 aromatic heterocycles. The van der Waals surface area contributed by atoms with Crippen molar-refractivity contribution in [3.8, 4) is 0 Å². The summed E-state index contributed by atoms with van der Waals surface area (Å²) in [5.74, 6) is 8.31. The monoisotopic (exact) mass is 240 g/mol. The van der Waals surface area contributed by atoms with Gasteiger partial charge in [-0.2, -0.15) is 0 Å². The van der Waals surface area contributed by atoms with E-state index in [-0.39, 0.29) is 0 Å². The van der Waals surface area contributed by atoms with Crippen LogP contribution >= 0.6 is 0 Å². The number of hydrogen-bond donors (Lipinski definition) is 2. The molecule has 2 unspecified atom stereocenters. The van der Waals surface area contributed by atoms with Crippen molar-refractivity contribution < 1.29 is 0 Å². The first-order valence-electron chi connectivity index (χ1n) is 7.69. The number of nitrogens with two attached hydrogens (primary N) is 1. The molecule has 2 nitrogen and oxygen atoms in total. The van der Waals surface area contributed by atoms with Crippen molar-refractivity contribution in [1.82, 2.24) is 5.43 Å². The van der Waals surface area contributed by atoms with E-state index in [0.29, 0.717) is 6.04 Å². The first kappa shape index (κ1) is 15.0. The molecule has 2 atom stereocenters. The second-order valence-electron chi connectivity index (χ2n) is 6.03. The molecule has 0 spiro atoms. The maximum Gasteiger partial charge on any atom is 0.0264 e. The first-order valence-corrected chi connectivity index (χ1v) is 7.69. The number of hydrazine groups is 1. The Morgan fingerprint density at radius 1 is 1.12 bits per heavy atom. The van der Waals surface area contributed by atoms with Gasteiger partial charge in [-0.25, -0.2) is 0 Å². The highest BCUT2D eigenvalue weighted by Gasteiger charge is 2.29. The van der Waals surface area contributed by atoms with Gasteiger partial charge in [0.05, 0.1) is 0 Å². The number of rotatable bonds is 7.